The smallest absolute Gasteiger partial charge is 0.429 e. The number of hydrogen-bond acceptors (Lipinski definition) is 7. The van der Waals surface area contributed by atoms with E-state index in [4.69, 9.17) is 4.84 Å². The number of benzene rings is 1. The molecule has 1 aromatic rings. The summed E-state index contributed by atoms with van der Waals surface area (Å²) in [6.45, 7) is 2.82. The Bertz CT molecular complexity index is 797. The highest BCUT2D eigenvalue weighted by Gasteiger charge is 2.44. The summed E-state index contributed by atoms with van der Waals surface area (Å²) in [7, 11) is 0. The molecule has 2 rings (SSSR count). The number of ether oxygens (including phenoxy) is 1. The molecule has 0 unspecified atom stereocenters. The quantitative estimate of drug-likeness (QED) is 0.461. The molecule has 0 aliphatic carbocycles. The van der Waals surface area contributed by atoms with E-state index in [0.29, 0.717) is 5.06 Å². The largest absolute Gasteiger partial charge is 0.447 e. The first kappa shape index (κ1) is 24.3. The molecule has 2 atom stereocenters. The molecule has 1 aliphatic rings. The maximum atomic E-state index is 13.3. The Kier molecular flexibility index (Phi) is 8.14. The molecule has 0 saturated carbocycles. The highest BCUT2D eigenvalue weighted by molar-refractivity contribution is 6.01. The lowest BCUT2D eigenvalue weighted by atomic mass is 10.0. The number of rotatable bonds is 9. The second-order valence-electron chi connectivity index (χ2n) is 7.38. The van der Waals surface area contributed by atoms with E-state index in [1.54, 1.807) is 13.8 Å². The van der Waals surface area contributed by atoms with E-state index >= 15 is 0 Å². The second-order valence-corrected chi connectivity index (χ2v) is 7.38. The minimum absolute atomic E-state index is 0.0710. The van der Waals surface area contributed by atoms with Crippen LogP contribution in [0.2, 0.25) is 0 Å². The fourth-order valence-electron chi connectivity index (χ4n) is 2.88. The number of esters is 1. The molecule has 1 fully saturated rings. The number of halogens is 3. The van der Waals surface area contributed by atoms with Gasteiger partial charge in [-0.15, -0.1) is 5.06 Å². The SMILES string of the molecule is CC(C)C[C@H](NCC(=O)O[C@@H](c1ccccc1)C(F)(F)F)C(=O)ON1C(=O)CCC1=O. The predicted octanol–water partition coefficient (Wildman–Crippen LogP) is 2.44. The molecular formula is C20H23F3N2O6. The zero-order valence-corrected chi connectivity index (χ0v) is 17.0. The Balaban J connectivity index is 2.01. The summed E-state index contributed by atoms with van der Waals surface area (Å²) >= 11 is 0. The second kappa shape index (κ2) is 10.4. The van der Waals surface area contributed by atoms with Gasteiger partial charge in [0.15, 0.2) is 0 Å². The Morgan fingerprint density at radius 1 is 1.10 bits per heavy atom. The number of nitrogens with one attached hydrogen (secondary N) is 1. The molecule has 31 heavy (non-hydrogen) atoms. The summed E-state index contributed by atoms with van der Waals surface area (Å²) < 4.78 is 44.6. The van der Waals surface area contributed by atoms with Gasteiger partial charge in [-0.05, 0) is 12.3 Å². The third-order valence-corrected chi connectivity index (χ3v) is 4.32. The predicted molar refractivity (Wildman–Crippen MR) is 99.8 cm³/mol. The van der Waals surface area contributed by atoms with Crippen LogP contribution in [-0.4, -0.2) is 47.6 Å². The summed E-state index contributed by atoms with van der Waals surface area (Å²) in [6, 6.07) is 5.52. The minimum Gasteiger partial charge on any atom is -0.447 e. The standard InChI is InChI=1S/C20H23F3N2O6/c1-12(2)10-14(19(29)31-25-15(26)8-9-16(25)27)24-11-17(28)30-18(20(21,22)23)13-6-4-3-5-7-13/h3-7,12,14,18,24H,8-11H2,1-2H3/t14-,18-/m0/s1. The van der Waals surface area contributed by atoms with Gasteiger partial charge in [0.1, 0.15) is 6.04 Å². The maximum Gasteiger partial charge on any atom is 0.429 e. The number of hydroxylamine groups is 2. The van der Waals surface area contributed by atoms with Gasteiger partial charge in [0, 0.05) is 18.4 Å². The van der Waals surface area contributed by atoms with E-state index in [-0.39, 0.29) is 30.7 Å². The summed E-state index contributed by atoms with van der Waals surface area (Å²) in [4.78, 5) is 52.5. The maximum absolute atomic E-state index is 13.3. The summed E-state index contributed by atoms with van der Waals surface area (Å²) in [6.07, 6.45) is -7.32. The molecule has 1 heterocycles. The van der Waals surface area contributed by atoms with E-state index in [1.165, 1.54) is 30.3 Å². The fraction of sp³-hybridized carbons (Fsp3) is 0.500. The highest BCUT2D eigenvalue weighted by atomic mass is 19.4. The zero-order chi connectivity index (χ0) is 23.2. The number of imide groups is 1. The minimum atomic E-state index is -4.83. The molecule has 1 aromatic carbocycles. The Hall–Kier alpha value is -2.95. The van der Waals surface area contributed by atoms with Crippen molar-refractivity contribution in [3.05, 3.63) is 35.9 Å². The number of amides is 2. The normalized spacial score (nSPS) is 16.4. The average Bonchev–Trinajstić information content (AvgIpc) is 3.00. The van der Waals surface area contributed by atoms with Crippen LogP contribution >= 0.6 is 0 Å². The zero-order valence-electron chi connectivity index (χ0n) is 17.0. The van der Waals surface area contributed by atoms with Crippen LogP contribution in [0, 0.1) is 5.92 Å². The third-order valence-electron chi connectivity index (χ3n) is 4.32. The Morgan fingerprint density at radius 2 is 1.68 bits per heavy atom. The van der Waals surface area contributed by atoms with Crippen LogP contribution in [0.1, 0.15) is 44.8 Å². The van der Waals surface area contributed by atoms with Gasteiger partial charge in [-0.2, -0.15) is 13.2 Å². The lowest BCUT2D eigenvalue weighted by molar-refractivity contribution is -0.223. The van der Waals surface area contributed by atoms with E-state index in [1.807, 2.05) is 0 Å². The molecule has 2 amide bonds. The van der Waals surface area contributed by atoms with Crippen LogP contribution in [0.4, 0.5) is 13.2 Å². The molecule has 0 bridgehead atoms. The van der Waals surface area contributed by atoms with Gasteiger partial charge in [0.25, 0.3) is 11.8 Å². The van der Waals surface area contributed by atoms with Crippen molar-refractivity contribution < 1.29 is 41.9 Å². The van der Waals surface area contributed by atoms with Crippen LogP contribution < -0.4 is 5.32 Å². The number of nitrogens with zero attached hydrogens (tertiary/aromatic N) is 1. The van der Waals surface area contributed by atoms with Crippen molar-refractivity contribution in [2.45, 2.75) is 51.4 Å². The van der Waals surface area contributed by atoms with Crippen molar-refractivity contribution >= 4 is 23.8 Å². The van der Waals surface area contributed by atoms with E-state index < -0.39 is 48.6 Å². The summed E-state index contributed by atoms with van der Waals surface area (Å²) in [5.74, 6) is -3.64. The van der Waals surface area contributed by atoms with E-state index in [2.05, 4.69) is 10.1 Å². The van der Waals surface area contributed by atoms with Crippen molar-refractivity contribution in [1.29, 1.82) is 0 Å². The van der Waals surface area contributed by atoms with Crippen molar-refractivity contribution in [3.63, 3.8) is 0 Å². The number of alkyl halides is 3. The molecule has 0 aromatic heterocycles. The Labute approximate surface area is 176 Å². The van der Waals surface area contributed by atoms with Crippen LogP contribution in [0.15, 0.2) is 30.3 Å². The van der Waals surface area contributed by atoms with Crippen LogP contribution in [0.5, 0.6) is 0 Å². The molecule has 1 N–H and O–H groups in total. The van der Waals surface area contributed by atoms with E-state index in [0.717, 1.165) is 0 Å². The van der Waals surface area contributed by atoms with Gasteiger partial charge < -0.3 is 9.57 Å². The Morgan fingerprint density at radius 3 is 2.19 bits per heavy atom. The van der Waals surface area contributed by atoms with Gasteiger partial charge in [-0.25, -0.2) is 4.79 Å². The van der Waals surface area contributed by atoms with Crippen molar-refractivity contribution in [2.75, 3.05) is 6.54 Å². The van der Waals surface area contributed by atoms with Gasteiger partial charge in [-0.1, -0.05) is 44.2 Å². The van der Waals surface area contributed by atoms with Crippen LogP contribution in [0.25, 0.3) is 0 Å². The van der Waals surface area contributed by atoms with Crippen molar-refractivity contribution in [2.24, 2.45) is 5.92 Å². The first-order chi connectivity index (χ1) is 14.5. The lowest BCUT2D eigenvalue weighted by Crippen LogP contribution is -2.45. The number of carbonyl (C=O) groups is 4. The van der Waals surface area contributed by atoms with Crippen LogP contribution in [0.3, 0.4) is 0 Å². The van der Waals surface area contributed by atoms with E-state index in [9.17, 15) is 32.3 Å². The molecule has 170 valence electrons. The van der Waals surface area contributed by atoms with Gasteiger partial charge >= 0.3 is 18.1 Å². The first-order valence-electron chi connectivity index (χ1n) is 9.61. The fourth-order valence-corrected chi connectivity index (χ4v) is 2.88. The molecule has 1 aliphatic heterocycles. The van der Waals surface area contributed by atoms with Gasteiger partial charge in [-0.3, -0.25) is 19.7 Å². The monoisotopic (exact) mass is 444 g/mol. The lowest BCUT2D eigenvalue weighted by Gasteiger charge is -2.23. The van der Waals surface area contributed by atoms with Gasteiger partial charge in [0.2, 0.25) is 6.10 Å². The van der Waals surface area contributed by atoms with Crippen molar-refractivity contribution in [1.82, 2.24) is 10.4 Å². The van der Waals surface area contributed by atoms with Crippen molar-refractivity contribution in [3.8, 4) is 0 Å². The third kappa shape index (κ3) is 7.06. The number of carbonyl (C=O) groups excluding carboxylic acids is 4. The summed E-state index contributed by atoms with van der Waals surface area (Å²) in [5.41, 5.74) is -0.243. The molecular weight excluding hydrogens is 421 g/mol. The average molecular weight is 444 g/mol. The van der Waals surface area contributed by atoms with Gasteiger partial charge in [0.05, 0.1) is 6.54 Å². The molecule has 1 saturated heterocycles. The molecule has 11 heteroatoms. The van der Waals surface area contributed by atoms with Crippen LogP contribution in [-0.2, 0) is 28.8 Å². The topological polar surface area (TPSA) is 102 Å². The first-order valence-corrected chi connectivity index (χ1v) is 9.61. The number of hydrogen-bond donors (Lipinski definition) is 1. The highest BCUT2D eigenvalue weighted by Crippen LogP contribution is 2.35. The summed E-state index contributed by atoms with van der Waals surface area (Å²) in [5, 5.41) is 2.86. The molecule has 0 spiro atoms. The molecule has 0 radical (unpaired) electrons. The molecule has 8 nitrogen and oxygen atoms in total.